The summed E-state index contributed by atoms with van der Waals surface area (Å²) in [7, 11) is 11.0. The van der Waals surface area contributed by atoms with Gasteiger partial charge in [0.15, 0.2) is 0 Å². The topological polar surface area (TPSA) is 260 Å². The molecule has 0 heterocycles. The summed E-state index contributed by atoms with van der Waals surface area (Å²) in [5.41, 5.74) is 0.339. The third kappa shape index (κ3) is 28.4. The number of nitrogens with one attached hydrogen (secondary N) is 9. The average molecular weight is 1080 g/mol. The number of ketones is 1. The van der Waals surface area contributed by atoms with Crippen LogP contribution in [0.3, 0.4) is 0 Å². The van der Waals surface area contributed by atoms with Crippen LogP contribution in [0.1, 0.15) is 63.7 Å². The van der Waals surface area contributed by atoms with E-state index in [0.717, 1.165) is 0 Å². The van der Waals surface area contributed by atoms with Gasteiger partial charge in [-0.1, -0.05) is 0 Å². The molecule has 22 heteroatoms. The molecule has 0 saturated carbocycles. The molecule has 0 bridgehead atoms. The molecule has 77 heavy (non-hydrogen) atoms. The van der Waals surface area contributed by atoms with E-state index in [1.54, 1.807) is 54.6 Å². The van der Waals surface area contributed by atoms with E-state index < -0.39 is 5.41 Å². The van der Waals surface area contributed by atoms with E-state index in [-0.39, 0.29) is 69.6 Å². The van der Waals surface area contributed by atoms with E-state index in [2.05, 4.69) is 47.9 Å². The molecule has 0 spiro atoms. The quantitative estimate of drug-likeness (QED) is 0.0367. The Balaban J connectivity index is 1.64. The van der Waals surface area contributed by atoms with Gasteiger partial charge in [-0.25, -0.2) is 0 Å². The Morgan fingerprint density at radius 2 is 0.584 bits per heavy atom. The smallest absolute Gasteiger partial charge is 0.251 e. The van der Waals surface area contributed by atoms with Crippen LogP contribution in [-0.4, -0.2) is 204 Å². The highest BCUT2D eigenvalue weighted by atomic mass is 16.5. The third-order valence-electron chi connectivity index (χ3n) is 11.3. The lowest BCUT2D eigenvalue weighted by molar-refractivity contribution is -0.126. The van der Waals surface area contributed by atoms with Gasteiger partial charge in [0.25, 0.3) is 17.7 Å². The number of benzene rings is 3. The Morgan fingerprint density at radius 3 is 0.792 bits per heavy atom. The second-order valence-electron chi connectivity index (χ2n) is 18.2. The van der Waals surface area contributed by atoms with E-state index >= 15 is 0 Å². The molecule has 3 amide bonds. The van der Waals surface area contributed by atoms with Crippen molar-refractivity contribution in [3.05, 3.63) is 71.3 Å². The van der Waals surface area contributed by atoms with Crippen LogP contribution in [0.5, 0.6) is 34.5 Å². The van der Waals surface area contributed by atoms with Crippen LogP contribution in [0, 0.1) is 5.41 Å². The molecule has 22 nitrogen and oxygen atoms in total. The predicted molar refractivity (Wildman–Crippen MR) is 297 cm³/mol. The van der Waals surface area contributed by atoms with Gasteiger partial charge in [0.05, 0.1) is 19.8 Å². The zero-order valence-electron chi connectivity index (χ0n) is 46.7. The standard InChI is InChI=1S/C55H89N9O13/c1-42(65)38-55(39-69-20-8-11-62-52(66)43-29-46(72-23-14-56-2)35-47(30-43)73-24-15-57-3,40-70-21-9-12-63-53(67)44-31-48(74-25-16-58-4)36-49(32-44)75-26-17-59-5)41-71-22-10-13-64-54(68)45-33-50(76-27-18-60-6)37-51(34-45)77-28-19-61-7/h29-37,56-61H,8-28,38-41H2,1-7H3,(H,62,66)(H,63,67)(H,64,68). The summed E-state index contributed by atoms with van der Waals surface area (Å²) in [5.74, 6) is 2.22. The number of Topliss-reactive ketones (excluding diaryl/α,β-unsaturated/α-hetero) is 1. The Bertz CT molecular complexity index is 1830. The number of carbonyl (C=O) groups is 4. The van der Waals surface area contributed by atoms with Crippen molar-refractivity contribution in [1.29, 1.82) is 0 Å². The van der Waals surface area contributed by atoms with Gasteiger partial charge in [-0.15, -0.1) is 0 Å². The van der Waals surface area contributed by atoms with Crippen molar-refractivity contribution in [3.8, 4) is 34.5 Å². The second-order valence-corrected chi connectivity index (χ2v) is 18.2. The Morgan fingerprint density at radius 1 is 0.351 bits per heavy atom. The molecular weight excluding hydrogens is 995 g/mol. The predicted octanol–water partition coefficient (Wildman–Crippen LogP) is 2.05. The second kappa shape index (κ2) is 40.4. The van der Waals surface area contributed by atoms with Crippen LogP contribution in [0.4, 0.5) is 0 Å². The van der Waals surface area contributed by atoms with Crippen LogP contribution in [-0.2, 0) is 19.0 Å². The summed E-state index contributed by atoms with van der Waals surface area (Å²) in [6.07, 6.45) is 1.56. The Kier molecular flexibility index (Phi) is 34.3. The molecule has 3 aromatic carbocycles. The summed E-state index contributed by atoms with van der Waals surface area (Å²) in [5, 5.41) is 27.1. The van der Waals surface area contributed by atoms with Crippen molar-refractivity contribution in [3.63, 3.8) is 0 Å². The highest BCUT2D eigenvalue weighted by molar-refractivity contribution is 5.96. The van der Waals surface area contributed by atoms with Crippen LogP contribution in [0.25, 0.3) is 0 Å². The lowest BCUT2D eigenvalue weighted by Crippen LogP contribution is -2.40. The molecule has 0 aliphatic carbocycles. The van der Waals surface area contributed by atoms with Gasteiger partial charge in [0, 0.05) is 125 Å². The maximum absolute atomic E-state index is 13.3. The van der Waals surface area contributed by atoms with Gasteiger partial charge in [-0.2, -0.15) is 0 Å². The number of hydrogen-bond acceptors (Lipinski definition) is 19. The molecule has 432 valence electrons. The first-order valence-corrected chi connectivity index (χ1v) is 26.7. The van der Waals surface area contributed by atoms with Crippen molar-refractivity contribution < 1.29 is 61.8 Å². The van der Waals surface area contributed by atoms with Crippen LogP contribution >= 0.6 is 0 Å². The van der Waals surface area contributed by atoms with E-state index in [4.69, 9.17) is 42.6 Å². The van der Waals surface area contributed by atoms with Gasteiger partial charge >= 0.3 is 0 Å². The van der Waals surface area contributed by atoms with Crippen LogP contribution < -0.4 is 76.3 Å². The zero-order chi connectivity index (χ0) is 55.8. The van der Waals surface area contributed by atoms with E-state index in [0.29, 0.717) is 169 Å². The summed E-state index contributed by atoms with van der Waals surface area (Å²) in [6, 6.07) is 15.4. The lowest BCUT2D eigenvalue weighted by Gasteiger charge is -2.32. The fraction of sp³-hybridized carbons (Fsp3) is 0.600. The highest BCUT2D eigenvalue weighted by Gasteiger charge is 2.33. The number of likely N-dealkylation sites (N-methyl/N-ethyl adjacent to an activating group) is 6. The van der Waals surface area contributed by atoms with Gasteiger partial charge in [0.1, 0.15) is 79.9 Å². The molecule has 0 aromatic heterocycles. The summed E-state index contributed by atoms with van der Waals surface area (Å²) < 4.78 is 53.8. The van der Waals surface area contributed by atoms with Gasteiger partial charge in [-0.05, 0) is 105 Å². The summed E-state index contributed by atoms with van der Waals surface area (Å²) >= 11 is 0. The molecule has 0 fully saturated rings. The number of carbonyl (C=O) groups excluding carboxylic acids is 4. The highest BCUT2D eigenvalue weighted by Crippen LogP contribution is 2.28. The summed E-state index contributed by atoms with van der Waals surface area (Å²) in [6.45, 7) is 10.0. The lowest BCUT2D eigenvalue weighted by atomic mass is 9.85. The average Bonchev–Trinajstić information content (AvgIpc) is 3.41. The first-order valence-electron chi connectivity index (χ1n) is 26.7. The molecule has 9 N–H and O–H groups in total. The first kappa shape index (κ1) is 65.5. The Hall–Kier alpha value is -5.82. The van der Waals surface area contributed by atoms with Crippen molar-refractivity contribution in [2.24, 2.45) is 5.41 Å². The molecule has 0 unspecified atom stereocenters. The number of hydrogen-bond donors (Lipinski definition) is 9. The summed E-state index contributed by atoms with van der Waals surface area (Å²) in [4.78, 5) is 52.9. The molecule has 3 rings (SSSR count). The van der Waals surface area contributed by atoms with Crippen molar-refractivity contribution in [2.45, 2.75) is 32.6 Å². The molecular formula is C55H89N9O13. The van der Waals surface area contributed by atoms with Crippen molar-refractivity contribution >= 4 is 23.5 Å². The van der Waals surface area contributed by atoms with E-state index in [9.17, 15) is 19.2 Å². The largest absolute Gasteiger partial charge is 0.492 e. The SMILES string of the molecule is CNCCOc1cc(OCCNC)cc(C(=O)NCCCOCC(COCCCNC(=O)c2cc(OCCNC)cc(OCCNC)c2)(COCCCNC(=O)c2cc(OCCNC)cc(OCCNC)c2)CC(C)=O)c1. The maximum Gasteiger partial charge on any atom is 0.251 e. The number of ether oxygens (including phenoxy) is 9. The molecule has 0 aliphatic rings. The minimum absolute atomic E-state index is 0.0722. The zero-order valence-corrected chi connectivity index (χ0v) is 46.7. The van der Waals surface area contributed by atoms with Gasteiger partial charge < -0.3 is 95.3 Å². The van der Waals surface area contributed by atoms with Gasteiger partial charge in [-0.3, -0.25) is 14.4 Å². The molecule has 0 aliphatic heterocycles. The number of rotatable bonds is 47. The molecule has 0 atom stereocenters. The normalized spacial score (nSPS) is 11.2. The first-order chi connectivity index (χ1) is 37.5. The molecule has 0 radical (unpaired) electrons. The van der Waals surface area contributed by atoms with E-state index in [1.165, 1.54) is 6.92 Å². The minimum atomic E-state index is -0.867. The fourth-order valence-electron chi connectivity index (χ4n) is 7.34. The third-order valence-corrected chi connectivity index (χ3v) is 11.3. The van der Waals surface area contributed by atoms with Crippen LogP contribution in [0.2, 0.25) is 0 Å². The maximum atomic E-state index is 13.3. The monoisotopic (exact) mass is 1080 g/mol. The fourth-order valence-corrected chi connectivity index (χ4v) is 7.34. The molecule has 3 aromatic rings. The number of amides is 3. The van der Waals surface area contributed by atoms with Gasteiger partial charge in [0.2, 0.25) is 0 Å². The van der Waals surface area contributed by atoms with Crippen molar-refractivity contribution in [1.82, 2.24) is 47.9 Å². The van der Waals surface area contributed by atoms with E-state index in [1.807, 2.05) is 42.3 Å². The Labute approximate surface area is 456 Å². The molecule has 0 saturated heterocycles. The minimum Gasteiger partial charge on any atom is -0.492 e. The van der Waals surface area contributed by atoms with Crippen LogP contribution in [0.15, 0.2) is 54.6 Å². The van der Waals surface area contributed by atoms with Crippen molar-refractivity contribution in [2.75, 3.05) is 180 Å².